The van der Waals surface area contributed by atoms with Crippen LogP contribution in [0.15, 0.2) is 6.07 Å². The van der Waals surface area contributed by atoms with Crippen molar-refractivity contribution in [2.24, 2.45) is 0 Å². The van der Waals surface area contributed by atoms with Crippen LogP contribution < -0.4 is 5.32 Å². The van der Waals surface area contributed by atoms with Crippen molar-refractivity contribution >= 4 is 0 Å². The minimum Gasteiger partial charge on any atom is -0.362 e. The zero-order valence-electron chi connectivity index (χ0n) is 8.48. The summed E-state index contributed by atoms with van der Waals surface area (Å²) in [7, 11) is 2.04. The third-order valence-electron chi connectivity index (χ3n) is 2.94. The van der Waals surface area contributed by atoms with Gasteiger partial charge in [0.1, 0.15) is 0 Å². The van der Waals surface area contributed by atoms with E-state index in [1.54, 1.807) is 5.56 Å². The van der Waals surface area contributed by atoms with Crippen molar-refractivity contribution in [3.05, 3.63) is 23.0 Å². The molecule has 13 heavy (non-hydrogen) atoms. The monoisotopic (exact) mass is 178 g/mol. The molecule has 72 valence electrons. The Kier molecular flexibility index (Phi) is 2.40. The maximum Gasteiger partial charge on any atom is 0.0185 e. The Morgan fingerprint density at radius 2 is 2.46 bits per heavy atom. The second kappa shape index (κ2) is 3.54. The highest BCUT2D eigenvalue weighted by Crippen LogP contribution is 2.31. The van der Waals surface area contributed by atoms with E-state index in [-0.39, 0.29) is 0 Å². The molecular weight excluding hydrogens is 160 g/mol. The molecule has 2 rings (SSSR count). The Morgan fingerprint density at radius 1 is 1.62 bits per heavy atom. The SMILES string of the molecule is CNCC1CCCc2[nH]c(C)cc21. The van der Waals surface area contributed by atoms with Gasteiger partial charge in [-0.2, -0.15) is 0 Å². The number of rotatable bonds is 2. The fourth-order valence-electron chi connectivity index (χ4n) is 2.38. The molecule has 2 N–H and O–H groups in total. The molecule has 1 atom stereocenters. The normalized spacial score (nSPS) is 21.5. The van der Waals surface area contributed by atoms with E-state index in [9.17, 15) is 0 Å². The van der Waals surface area contributed by atoms with Gasteiger partial charge >= 0.3 is 0 Å². The molecule has 1 unspecified atom stereocenters. The molecule has 0 fully saturated rings. The number of H-pyrrole nitrogens is 1. The van der Waals surface area contributed by atoms with Crippen LogP contribution in [0, 0.1) is 6.92 Å². The minimum absolute atomic E-state index is 0.735. The van der Waals surface area contributed by atoms with E-state index in [1.807, 2.05) is 7.05 Å². The maximum atomic E-state index is 3.46. The molecule has 1 heterocycles. The third kappa shape index (κ3) is 1.63. The highest BCUT2D eigenvalue weighted by Gasteiger charge is 2.20. The Hall–Kier alpha value is -0.760. The Bertz CT molecular complexity index is 288. The molecule has 1 aliphatic carbocycles. The van der Waals surface area contributed by atoms with Gasteiger partial charge in [0.15, 0.2) is 0 Å². The lowest BCUT2D eigenvalue weighted by Crippen LogP contribution is -2.20. The zero-order valence-corrected chi connectivity index (χ0v) is 8.48. The molecule has 0 spiro atoms. The largest absolute Gasteiger partial charge is 0.362 e. The highest BCUT2D eigenvalue weighted by molar-refractivity contribution is 5.31. The van der Waals surface area contributed by atoms with Gasteiger partial charge in [-0.25, -0.2) is 0 Å². The lowest BCUT2D eigenvalue weighted by Gasteiger charge is -2.21. The van der Waals surface area contributed by atoms with Crippen molar-refractivity contribution in [1.82, 2.24) is 10.3 Å². The highest BCUT2D eigenvalue weighted by atomic mass is 14.8. The van der Waals surface area contributed by atoms with Crippen molar-refractivity contribution in [2.45, 2.75) is 32.1 Å². The molecule has 0 aromatic carbocycles. The number of nitrogens with one attached hydrogen (secondary N) is 2. The third-order valence-corrected chi connectivity index (χ3v) is 2.94. The molecule has 1 aromatic rings. The number of likely N-dealkylation sites (N-methyl/N-ethyl adjacent to an activating group) is 1. The Morgan fingerprint density at radius 3 is 3.23 bits per heavy atom. The zero-order chi connectivity index (χ0) is 9.26. The summed E-state index contributed by atoms with van der Waals surface area (Å²) in [6.45, 7) is 3.26. The molecule has 0 saturated heterocycles. The molecule has 0 bridgehead atoms. The van der Waals surface area contributed by atoms with Crippen LogP contribution in [0.4, 0.5) is 0 Å². The van der Waals surface area contributed by atoms with Crippen LogP contribution in [0.2, 0.25) is 0 Å². The number of aromatic nitrogens is 1. The number of hydrogen-bond acceptors (Lipinski definition) is 1. The van der Waals surface area contributed by atoms with E-state index in [1.165, 1.54) is 30.7 Å². The van der Waals surface area contributed by atoms with Gasteiger partial charge < -0.3 is 10.3 Å². The van der Waals surface area contributed by atoms with Gasteiger partial charge in [0.25, 0.3) is 0 Å². The summed E-state index contributed by atoms with van der Waals surface area (Å²) in [6, 6.07) is 2.32. The number of fused-ring (bicyclic) bond motifs is 1. The fourth-order valence-corrected chi connectivity index (χ4v) is 2.38. The number of aromatic amines is 1. The van der Waals surface area contributed by atoms with Crippen LogP contribution in [0.3, 0.4) is 0 Å². The standard InChI is InChI=1S/C11H18N2/c1-8-6-10-9(7-12-2)4-3-5-11(10)13-8/h6,9,12-13H,3-5,7H2,1-2H3. The van der Waals surface area contributed by atoms with E-state index in [0.717, 1.165) is 12.5 Å². The van der Waals surface area contributed by atoms with Crippen molar-refractivity contribution < 1.29 is 0 Å². The summed E-state index contributed by atoms with van der Waals surface area (Å²) in [6.07, 6.45) is 3.91. The summed E-state index contributed by atoms with van der Waals surface area (Å²) >= 11 is 0. The molecule has 2 heteroatoms. The first kappa shape index (κ1) is 8.82. The second-order valence-corrected chi connectivity index (χ2v) is 4.03. The van der Waals surface area contributed by atoms with E-state index in [2.05, 4.69) is 23.3 Å². The van der Waals surface area contributed by atoms with Crippen molar-refractivity contribution in [2.75, 3.05) is 13.6 Å². The van der Waals surface area contributed by atoms with E-state index in [0.29, 0.717) is 0 Å². The summed E-state index contributed by atoms with van der Waals surface area (Å²) in [5.41, 5.74) is 4.34. The van der Waals surface area contributed by atoms with Gasteiger partial charge in [-0.3, -0.25) is 0 Å². The van der Waals surface area contributed by atoms with Gasteiger partial charge in [0, 0.05) is 17.9 Å². The van der Waals surface area contributed by atoms with Gasteiger partial charge in [0.2, 0.25) is 0 Å². The molecule has 0 radical (unpaired) electrons. The van der Waals surface area contributed by atoms with Crippen molar-refractivity contribution in [1.29, 1.82) is 0 Å². The topological polar surface area (TPSA) is 27.8 Å². The van der Waals surface area contributed by atoms with E-state index in [4.69, 9.17) is 0 Å². The summed E-state index contributed by atoms with van der Waals surface area (Å²) in [4.78, 5) is 3.46. The fraction of sp³-hybridized carbons (Fsp3) is 0.636. The molecular formula is C11H18N2. The van der Waals surface area contributed by atoms with Crippen LogP contribution in [0.5, 0.6) is 0 Å². The first-order valence-corrected chi connectivity index (χ1v) is 5.14. The van der Waals surface area contributed by atoms with Gasteiger partial charge in [-0.15, -0.1) is 0 Å². The summed E-state index contributed by atoms with van der Waals surface area (Å²) in [5.74, 6) is 0.735. The molecule has 0 amide bonds. The average Bonchev–Trinajstić information content (AvgIpc) is 2.47. The van der Waals surface area contributed by atoms with Gasteiger partial charge in [-0.05, 0) is 50.8 Å². The van der Waals surface area contributed by atoms with Crippen molar-refractivity contribution in [3.8, 4) is 0 Å². The van der Waals surface area contributed by atoms with Crippen LogP contribution in [-0.2, 0) is 6.42 Å². The maximum absolute atomic E-state index is 3.46. The van der Waals surface area contributed by atoms with E-state index < -0.39 is 0 Å². The number of hydrogen-bond donors (Lipinski definition) is 2. The summed E-state index contributed by atoms with van der Waals surface area (Å²) in [5, 5.41) is 3.27. The average molecular weight is 178 g/mol. The van der Waals surface area contributed by atoms with Crippen LogP contribution in [-0.4, -0.2) is 18.6 Å². The van der Waals surface area contributed by atoms with Crippen LogP contribution >= 0.6 is 0 Å². The van der Waals surface area contributed by atoms with Crippen LogP contribution in [0.1, 0.15) is 35.7 Å². The number of aryl methyl sites for hydroxylation is 2. The van der Waals surface area contributed by atoms with Crippen LogP contribution in [0.25, 0.3) is 0 Å². The second-order valence-electron chi connectivity index (χ2n) is 4.03. The molecule has 0 saturated carbocycles. The lowest BCUT2D eigenvalue weighted by molar-refractivity contribution is 0.526. The first-order chi connectivity index (χ1) is 6.31. The summed E-state index contributed by atoms with van der Waals surface area (Å²) < 4.78 is 0. The Labute approximate surface area is 79.7 Å². The van der Waals surface area contributed by atoms with Gasteiger partial charge in [-0.1, -0.05) is 0 Å². The minimum atomic E-state index is 0.735. The quantitative estimate of drug-likeness (QED) is 0.712. The molecule has 2 nitrogen and oxygen atoms in total. The molecule has 1 aliphatic rings. The molecule has 0 aliphatic heterocycles. The predicted molar refractivity (Wildman–Crippen MR) is 55.1 cm³/mol. The Balaban J connectivity index is 2.25. The van der Waals surface area contributed by atoms with Crippen molar-refractivity contribution in [3.63, 3.8) is 0 Å². The smallest absolute Gasteiger partial charge is 0.0185 e. The molecule has 1 aromatic heterocycles. The van der Waals surface area contributed by atoms with Gasteiger partial charge in [0.05, 0.1) is 0 Å². The van der Waals surface area contributed by atoms with E-state index >= 15 is 0 Å². The predicted octanol–water partition coefficient (Wildman–Crippen LogP) is 1.96. The lowest BCUT2D eigenvalue weighted by atomic mass is 9.87. The first-order valence-electron chi connectivity index (χ1n) is 5.14.